The van der Waals surface area contributed by atoms with Crippen LogP contribution < -0.4 is 0 Å². The fraction of sp³-hybridized carbons (Fsp3) is 0.926. The van der Waals surface area contributed by atoms with Crippen molar-refractivity contribution in [1.82, 2.24) is 0 Å². The molecule has 0 aromatic carbocycles. The lowest BCUT2D eigenvalue weighted by atomic mass is 9.47. The van der Waals surface area contributed by atoms with Crippen molar-refractivity contribution in [2.75, 3.05) is 0 Å². The van der Waals surface area contributed by atoms with E-state index in [-0.39, 0.29) is 0 Å². The zero-order valence-electron chi connectivity index (χ0n) is 19.3. The largest absolute Gasteiger partial charge is 0.0887 e. The Hall–Kier alpha value is 0.220. The molecule has 0 aliphatic heterocycles. The molecular formula is C27H45Br. The molecule has 3 fully saturated rings. The lowest BCUT2D eigenvalue weighted by molar-refractivity contribution is -0.0496. The number of alkyl halides is 1. The summed E-state index contributed by atoms with van der Waals surface area (Å²) in [5.74, 6) is 5.74. The molecule has 4 unspecified atom stereocenters. The summed E-state index contributed by atoms with van der Waals surface area (Å²) in [5, 5.41) is 0. The molecule has 0 saturated heterocycles. The van der Waals surface area contributed by atoms with Crippen molar-refractivity contribution in [3.05, 3.63) is 11.6 Å². The van der Waals surface area contributed by atoms with Gasteiger partial charge in [-0.15, -0.1) is 0 Å². The van der Waals surface area contributed by atoms with E-state index in [1.165, 1.54) is 70.6 Å². The third-order valence-corrected chi connectivity index (χ3v) is 11.0. The zero-order valence-corrected chi connectivity index (χ0v) is 20.9. The van der Waals surface area contributed by atoms with Gasteiger partial charge in [-0.1, -0.05) is 81.5 Å². The molecule has 0 amide bonds. The minimum Gasteiger partial charge on any atom is -0.0887 e. The minimum atomic E-state index is 0.523. The van der Waals surface area contributed by atoms with Crippen LogP contribution in [0, 0.1) is 46.3 Å². The highest BCUT2D eigenvalue weighted by molar-refractivity contribution is 9.09. The van der Waals surface area contributed by atoms with Crippen molar-refractivity contribution in [3.63, 3.8) is 0 Å². The number of hydrogen-bond donors (Lipinski definition) is 0. The second-order valence-electron chi connectivity index (χ2n) is 12.1. The number of allylic oxidation sites excluding steroid dienone is 2. The van der Waals surface area contributed by atoms with Gasteiger partial charge < -0.3 is 0 Å². The second kappa shape index (κ2) is 8.05. The van der Waals surface area contributed by atoms with Gasteiger partial charge in [-0.2, -0.15) is 0 Å². The zero-order chi connectivity index (χ0) is 20.1. The Morgan fingerprint density at radius 1 is 1.00 bits per heavy atom. The van der Waals surface area contributed by atoms with Crippen LogP contribution in [0.3, 0.4) is 0 Å². The van der Waals surface area contributed by atoms with Crippen molar-refractivity contribution in [3.8, 4) is 0 Å². The lowest BCUT2D eigenvalue weighted by Gasteiger charge is -2.58. The monoisotopic (exact) mass is 448 g/mol. The summed E-state index contributed by atoms with van der Waals surface area (Å²) in [6, 6.07) is 0. The maximum atomic E-state index is 3.93. The first kappa shape index (κ1) is 21.5. The summed E-state index contributed by atoms with van der Waals surface area (Å²) < 4.78 is 0. The maximum absolute atomic E-state index is 3.93. The van der Waals surface area contributed by atoms with Crippen molar-refractivity contribution in [1.29, 1.82) is 0 Å². The Labute approximate surface area is 183 Å². The molecule has 0 radical (unpaired) electrons. The molecule has 4 rings (SSSR count). The van der Waals surface area contributed by atoms with Gasteiger partial charge in [0.15, 0.2) is 0 Å². The number of fused-ring (bicyclic) bond motifs is 5. The molecule has 0 spiro atoms. The van der Waals surface area contributed by atoms with Gasteiger partial charge in [0.25, 0.3) is 0 Å². The summed E-state index contributed by atoms with van der Waals surface area (Å²) in [6.07, 6.45) is 18.6. The van der Waals surface area contributed by atoms with Crippen LogP contribution in [0.25, 0.3) is 0 Å². The quantitative estimate of drug-likeness (QED) is 0.291. The number of rotatable bonds is 5. The fourth-order valence-electron chi connectivity index (χ4n) is 8.64. The van der Waals surface area contributed by atoms with Gasteiger partial charge in [0.05, 0.1) is 0 Å². The van der Waals surface area contributed by atoms with E-state index in [2.05, 4.69) is 56.6 Å². The molecule has 1 heteroatoms. The highest BCUT2D eigenvalue weighted by atomic mass is 79.9. The van der Waals surface area contributed by atoms with Gasteiger partial charge in [0, 0.05) is 4.83 Å². The van der Waals surface area contributed by atoms with Gasteiger partial charge in [0.2, 0.25) is 0 Å². The van der Waals surface area contributed by atoms with E-state index in [9.17, 15) is 0 Å². The van der Waals surface area contributed by atoms with E-state index in [0.717, 1.165) is 40.3 Å². The summed E-state index contributed by atoms with van der Waals surface area (Å²) >= 11 is 3.93. The van der Waals surface area contributed by atoms with Gasteiger partial charge in [0.1, 0.15) is 0 Å². The van der Waals surface area contributed by atoms with E-state index in [0.29, 0.717) is 10.8 Å². The van der Waals surface area contributed by atoms with Gasteiger partial charge in [-0.05, 0) is 97.7 Å². The van der Waals surface area contributed by atoms with Gasteiger partial charge in [-0.25, -0.2) is 0 Å². The van der Waals surface area contributed by atoms with E-state index in [4.69, 9.17) is 0 Å². The smallest absolute Gasteiger partial charge is 0.0183 e. The van der Waals surface area contributed by atoms with E-state index >= 15 is 0 Å². The van der Waals surface area contributed by atoms with Crippen LogP contribution in [0.4, 0.5) is 0 Å². The molecule has 0 bridgehead atoms. The fourth-order valence-corrected chi connectivity index (χ4v) is 9.22. The predicted molar refractivity (Wildman–Crippen MR) is 126 cm³/mol. The molecule has 8 atom stereocenters. The second-order valence-corrected chi connectivity index (χ2v) is 13.4. The third-order valence-electron chi connectivity index (χ3n) is 10.2. The molecule has 0 N–H and O–H groups in total. The number of hydrogen-bond acceptors (Lipinski definition) is 0. The molecule has 0 aromatic rings. The highest BCUT2D eigenvalue weighted by Gasteiger charge is 2.58. The molecule has 0 nitrogen and oxygen atoms in total. The Kier molecular flexibility index (Phi) is 6.17. The summed E-state index contributed by atoms with van der Waals surface area (Å²) in [6.45, 7) is 12.7. The Bertz CT molecular complexity index is 591. The standard InChI is InChI=1S/C27H45Br/c1-18(2)7-6-8-19(3)23-11-12-24-22-10-9-20-17-21(28)13-15-26(20,4)25(22)14-16-27(23,24)5/h9,18-19,21-25H,6-8,10-17H2,1-5H3/t19-,21+,22-,23?,24+,25?,26?,27?/m1/s1. The van der Waals surface area contributed by atoms with Gasteiger partial charge in [-0.3, -0.25) is 0 Å². The first-order chi connectivity index (χ1) is 13.3. The molecular weight excluding hydrogens is 404 g/mol. The first-order valence-electron chi connectivity index (χ1n) is 12.6. The minimum absolute atomic E-state index is 0.523. The lowest BCUT2D eigenvalue weighted by Crippen LogP contribution is -2.50. The van der Waals surface area contributed by atoms with Crippen molar-refractivity contribution in [2.45, 2.75) is 110 Å². The Morgan fingerprint density at radius 3 is 2.54 bits per heavy atom. The molecule has 0 aromatic heterocycles. The third kappa shape index (κ3) is 3.58. The average molecular weight is 450 g/mol. The topological polar surface area (TPSA) is 0 Å². The first-order valence-corrected chi connectivity index (χ1v) is 13.5. The van der Waals surface area contributed by atoms with Gasteiger partial charge >= 0.3 is 0 Å². The van der Waals surface area contributed by atoms with Crippen molar-refractivity contribution < 1.29 is 0 Å². The molecule has 28 heavy (non-hydrogen) atoms. The Balaban J connectivity index is 1.49. The van der Waals surface area contributed by atoms with Crippen LogP contribution in [0.15, 0.2) is 11.6 Å². The predicted octanol–water partition coefficient (Wildman–Crippen LogP) is 8.79. The normalized spacial score (nSPS) is 46.5. The van der Waals surface area contributed by atoms with Crippen LogP contribution in [0.2, 0.25) is 0 Å². The van der Waals surface area contributed by atoms with Crippen LogP contribution in [-0.2, 0) is 0 Å². The van der Waals surface area contributed by atoms with Crippen LogP contribution in [0.1, 0.15) is 105 Å². The van der Waals surface area contributed by atoms with E-state index in [1.807, 2.05) is 5.57 Å². The molecule has 4 aliphatic carbocycles. The van der Waals surface area contributed by atoms with Crippen LogP contribution >= 0.6 is 15.9 Å². The van der Waals surface area contributed by atoms with E-state index < -0.39 is 0 Å². The molecule has 4 aliphatic rings. The highest BCUT2D eigenvalue weighted by Crippen LogP contribution is 2.67. The van der Waals surface area contributed by atoms with Crippen molar-refractivity contribution in [2.24, 2.45) is 46.3 Å². The van der Waals surface area contributed by atoms with Crippen LogP contribution in [0.5, 0.6) is 0 Å². The van der Waals surface area contributed by atoms with E-state index in [1.54, 1.807) is 0 Å². The number of halogens is 1. The molecule has 0 heterocycles. The Morgan fingerprint density at radius 2 is 1.79 bits per heavy atom. The molecule has 160 valence electrons. The van der Waals surface area contributed by atoms with Crippen LogP contribution in [-0.4, -0.2) is 4.83 Å². The summed E-state index contributed by atoms with van der Waals surface area (Å²) in [5.41, 5.74) is 2.98. The van der Waals surface area contributed by atoms with Crippen molar-refractivity contribution >= 4 is 15.9 Å². The molecule has 3 saturated carbocycles. The average Bonchev–Trinajstić information content (AvgIpc) is 2.99. The summed E-state index contributed by atoms with van der Waals surface area (Å²) in [7, 11) is 0. The SMILES string of the molecule is CC(C)CCC[C@@H](C)C1CC[C@H]2[C@H]3CC=C4C[C@@H](Br)CCC4(C)C3CCC12C. The summed E-state index contributed by atoms with van der Waals surface area (Å²) in [4.78, 5) is 0.736. The maximum Gasteiger partial charge on any atom is 0.0183 e.